The zero-order chi connectivity index (χ0) is 18.6. The predicted octanol–water partition coefficient (Wildman–Crippen LogP) is 3.03. The Kier molecular flexibility index (Phi) is 5.74. The number of esters is 1. The number of benzene rings is 1. The Labute approximate surface area is 144 Å². The lowest BCUT2D eigenvalue weighted by atomic mass is 10.1. The zero-order valence-electron chi connectivity index (χ0n) is 14.4. The molecule has 0 aliphatic heterocycles. The van der Waals surface area contributed by atoms with Gasteiger partial charge in [0, 0.05) is 31.0 Å². The van der Waals surface area contributed by atoms with E-state index in [4.69, 9.17) is 9.47 Å². The second kappa shape index (κ2) is 7.78. The van der Waals surface area contributed by atoms with Gasteiger partial charge in [0.2, 0.25) is 5.75 Å². The Morgan fingerprint density at radius 3 is 2.56 bits per heavy atom. The van der Waals surface area contributed by atoms with Crippen molar-refractivity contribution in [2.24, 2.45) is 0 Å². The number of nitro groups is 1. The summed E-state index contributed by atoms with van der Waals surface area (Å²) in [4.78, 5) is 34.7. The molecule has 2 rings (SSSR count). The number of aryl methyl sites for hydroxylation is 1. The van der Waals surface area contributed by atoms with Crippen molar-refractivity contribution in [3.63, 3.8) is 0 Å². The molecule has 25 heavy (non-hydrogen) atoms. The number of fused-ring (bicyclic) bond motifs is 1. The molecule has 0 saturated heterocycles. The molecule has 1 heterocycles. The molecule has 0 bridgehead atoms. The van der Waals surface area contributed by atoms with Crippen LogP contribution in [0, 0.1) is 10.1 Å². The fourth-order valence-electron chi connectivity index (χ4n) is 2.51. The number of hydrogen-bond donors (Lipinski definition) is 0. The predicted molar refractivity (Wildman–Crippen MR) is 92.2 cm³/mol. The lowest BCUT2D eigenvalue weighted by molar-refractivity contribution is -0.384. The van der Waals surface area contributed by atoms with E-state index < -0.39 is 16.5 Å². The summed E-state index contributed by atoms with van der Waals surface area (Å²) >= 11 is 0. The summed E-state index contributed by atoms with van der Waals surface area (Å²) in [5.41, 5.74) is -0.324. The third kappa shape index (κ3) is 3.78. The number of rotatable bonds is 7. The van der Waals surface area contributed by atoms with Gasteiger partial charge in [-0.1, -0.05) is 13.3 Å². The molecule has 0 unspecified atom stereocenters. The van der Waals surface area contributed by atoms with E-state index in [0.717, 1.165) is 12.8 Å². The van der Waals surface area contributed by atoms with E-state index in [0.29, 0.717) is 17.5 Å². The van der Waals surface area contributed by atoms with Gasteiger partial charge in [-0.05, 0) is 19.4 Å². The molecule has 0 spiro atoms. The van der Waals surface area contributed by atoms with Crippen molar-refractivity contribution in [3.05, 3.63) is 38.7 Å². The first-order valence-electron chi connectivity index (χ1n) is 8.06. The molecule has 0 atom stereocenters. The van der Waals surface area contributed by atoms with Crippen LogP contribution >= 0.6 is 0 Å². The minimum Gasteiger partial charge on any atom is -0.489 e. The van der Waals surface area contributed by atoms with Crippen molar-refractivity contribution in [2.75, 3.05) is 6.61 Å². The Morgan fingerprint density at radius 2 is 2.00 bits per heavy atom. The van der Waals surface area contributed by atoms with Gasteiger partial charge in [0.25, 0.3) is 11.2 Å². The highest BCUT2D eigenvalue weighted by Gasteiger charge is 2.22. The summed E-state index contributed by atoms with van der Waals surface area (Å²) in [7, 11) is 0. The highest BCUT2D eigenvalue weighted by atomic mass is 16.6. The van der Waals surface area contributed by atoms with Gasteiger partial charge in [-0.15, -0.1) is 0 Å². The van der Waals surface area contributed by atoms with Crippen LogP contribution in [0.3, 0.4) is 0 Å². The molecule has 0 fully saturated rings. The van der Waals surface area contributed by atoms with E-state index in [1.165, 1.54) is 29.7 Å². The van der Waals surface area contributed by atoms with E-state index in [9.17, 15) is 19.7 Å². The second-order valence-electron chi connectivity index (χ2n) is 5.46. The van der Waals surface area contributed by atoms with Crippen molar-refractivity contribution >= 4 is 22.6 Å². The fourth-order valence-corrected chi connectivity index (χ4v) is 2.51. The summed E-state index contributed by atoms with van der Waals surface area (Å²) in [6.45, 7) is 5.53. The number of pyridine rings is 1. The van der Waals surface area contributed by atoms with Crippen LogP contribution in [0.5, 0.6) is 11.5 Å². The number of nitro benzene ring substituents is 1. The number of carbonyl (C=O) groups excluding carboxylic acids is 1. The number of non-ortho nitro benzene ring substituents is 1. The maximum absolute atomic E-state index is 12.7. The molecule has 2 aromatic rings. The van der Waals surface area contributed by atoms with Gasteiger partial charge in [-0.3, -0.25) is 19.7 Å². The molecule has 8 nitrogen and oxygen atoms in total. The maximum atomic E-state index is 12.7. The summed E-state index contributed by atoms with van der Waals surface area (Å²) in [6.07, 6.45) is 1.64. The Morgan fingerprint density at radius 1 is 1.28 bits per heavy atom. The van der Waals surface area contributed by atoms with Crippen molar-refractivity contribution in [1.82, 2.24) is 4.57 Å². The molecule has 1 aromatic carbocycles. The molecular weight excluding hydrogens is 328 g/mol. The number of aromatic nitrogens is 1. The number of ether oxygens (including phenoxy) is 2. The van der Waals surface area contributed by atoms with Gasteiger partial charge in [-0.25, -0.2) is 0 Å². The van der Waals surface area contributed by atoms with Crippen LogP contribution in [0.2, 0.25) is 0 Å². The third-order valence-corrected chi connectivity index (χ3v) is 3.68. The van der Waals surface area contributed by atoms with E-state index in [2.05, 4.69) is 0 Å². The smallest absolute Gasteiger partial charge is 0.308 e. The van der Waals surface area contributed by atoms with Crippen LogP contribution < -0.4 is 15.0 Å². The normalized spacial score (nSPS) is 10.7. The van der Waals surface area contributed by atoms with E-state index in [-0.39, 0.29) is 23.7 Å². The van der Waals surface area contributed by atoms with Crippen molar-refractivity contribution < 1.29 is 19.2 Å². The van der Waals surface area contributed by atoms with E-state index in [1.807, 2.05) is 6.92 Å². The van der Waals surface area contributed by atoms with Gasteiger partial charge < -0.3 is 14.0 Å². The van der Waals surface area contributed by atoms with Crippen LogP contribution in [0.1, 0.15) is 33.6 Å². The molecule has 0 saturated carbocycles. The van der Waals surface area contributed by atoms with Crippen LogP contribution in [0.4, 0.5) is 5.69 Å². The van der Waals surface area contributed by atoms with Gasteiger partial charge in [-0.2, -0.15) is 0 Å². The summed E-state index contributed by atoms with van der Waals surface area (Å²) < 4.78 is 12.1. The fraction of sp³-hybridized carbons (Fsp3) is 0.412. The van der Waals surface area contributed by atoms with Crippen LogP contribution in [0.25, 0.3) is 10.9 Å². The number of hydrogen-bond acceptors (Lipinski definition) is 6. The third-order valence-electron chi connectivity index (χ3n) is 3.68. The highest BCUT2D eigenvalue weighted by molar-refractivity contribution is 5.90. The van der Waals surface area contributed by atoms with Crippen LogP contribution in [0.15, 0.2) is 23.0 Å². The molecule has 0 aliphatic carbocycles. The lowest BCUT2D eigenvalue weighted by Crippen LogP contribution is -2.24. The molecule has 0 aliphatic rings. The highest BCUT2D eigenvalue weighted by Crippen LogP contribution is 2.35. The minimum atomic E-state index is -0.638. The van der Waals surface area contributed by atoms with Gasteiger partial charge in [0.15, 0.2) is 5.75 Å². The molecule has 0 N–H and O–H groups in total. The summed E-state index contributed by atoms with van der Waals surface area (Å²) in [6, 6.07) is 4.16. The SMILES string of the molecule is CCCCOc1c(OC(C)=O)c(=O)n(CC)c2cc([N+](=O)[O-])ccc12. The molecule has 134 valence electrons. The van der Waals surface area contributed by atoms with Crippen molar-refractivity contribution in [1.29, 1.82) is 0 Å². The van der Waals surface area contributed by atoms with E-state index >= 15 is 0 Å². The summed E-state index contributed by atoms with van der Waals surface area (Å²) in [5, 5.41) is 11.5. The average Bonchev–Trinajstić information content (AvgIpc) is 2.57. The average molecular weight is 348 g/mol. The van der Waals surface area contributed by atoms with E-state index in [1.54, 1.807) is 6.92 Å². The number of unbranched alkanes of at least 4 members (excludes halogenated alkanes) is 1. The number of carbonyl (C=O) groups is 1. The van der Waals surface area contributed by atoms with Crippen LogP contribution in [-0.2, 0) is 11.3 Å². The number of nitrogens with zero attached hydrogens (tertiary/aromatic N) is 2. The first kappa shape index (κ1) is 18.4. The Bertz CT molecular complexity index is 872. The van der Waals surface area contributed by atoms with Crippen molar-refractivity contribution in [2.45, 2.75) is 40.2 Å². The van der Waals surface area contributed by atoms with Crippen molar-refractivity contribution in [3.8, 4) is 11.5 Å². The van der Waals surface area contributed by atoms with Gasteiger partial charge in [0.1, 0.15) is 0 Å². The second-order valence-corrected chi connectivity index (χ2v) is 5.46. The topological polar surface area (TPSA) is 101 Å². The van der Waals surface area contributed by atoms with Gasteiger partial charge in [0.05, 0.1) is 17.0 Å². The summed E-state index contributed by atoms with van der Waals surface area (Å²) in [5.74, 6) is -0.684. The lowest BCUT2D eigenvalue weighted by Gasteiger charge is -2.16. The zero-order valence-corrected chi connectivity index (χ0v) is 14.4. The van der Waals surface area contributed by atoms with Gasteiger partial charge >= 0.3 is 5.97 Å². The Hall–Kier alpha value is -2.90. The van der Waals surface area contributed by atoms with Crippen LogP contribution in [-0.4, -0.2) is 22.1 Å². The standard InChI is InChI=1S/C17H20N2O6/c1-4-6-9-24-15-13-8-7-12(19(22)23)10-14(13)18(5-2)17(21)16(15)25-11(3)20/h7-8,10H,4-6,9H2,1-3H3. The minimum absolute atomic E-state index is 0.131. The monoisotopic (exact) mass is 348 g/mol. The Balaban J connectivity index is 2.79. The molecule has 1 aromatic heterocycles. The molecule has 8 heteroatoms. The first-order chi connectivity index (χ1) is 11.9. The molecule has 0 amide bonds. The largest absolute Gasteiger partial charge is 0.489 e. The maximum Gasteiger partial charge on any atom is 0.308 e. The molecular formula is C17H20N2O6. The molecule has 0 radical (unpaired) electrons. The first-order valence-corrected chi connectivity index (χ1v) is 8.06. The quantitative estimate of drug-likeness (QED) is 0.330.